The first kappa shape index (κ1) is 13.6. The summed E-state index contributed by atoms with van der Waals surface area (Å²) in [5.41, 5.74) is 8.63. The average molecular weight is 305 g/mol. The molecule has 2 heterocycles. The number of anilines is 1. The van der Waals surface area contributed by atoms with Gasteiger partial charge >= 0.3 is 0 Å². The summed E-state index contributed by atoms with van der Waals surface area (Å²) in [6.07, 6.45) is 1.49. The van der Waals surface area contributed by atoms with Gasteiger partial charge in [-0.2, -0.15) is 0 Å². The summed E-state index contributed by atoms with van der Waals surface area (Å²) in [6.45, 7) is 2.55. The van der Waals surface area contributed by atoms with E-state index in [0.29, 0.717) is 23.4 Å². The second-order valence-corrected chi connectivity index (χ2v) is 4.68. The molecule has 0 aliphatic heterocycles. The molecule has 21 heavy (non-hydrogen) atoms. The van der Waals surface area contributed by atoms with Gasteiger partial charge < -0.3 is 19.4 Å². The largest absolute Gasteiger partial charge is 0.494 e. The van der Waals surface area contributed by atoms with Gasteiger partial charge in [0.2, 0.25) is 11.1 Å². The van der Waals surface area contributed by atoms with Gasteiger partial charge in [-0.25, -0.2) is 0 Å². The van der Waals surface area contributed by atoms with E-state index in [0.717, 1.165) is 11.3 Å². The molecule has 0 bridgehead atoms. The predicted octanol–water partition coefficient (Wildman–Crippen LogP) is 4.24. The Labute approximate surface area is 126 Å². The van der Waals surface area contributed by atoms with Crippen molar-refractivity contribution in [2.75, 3.05) is 12.3 Å². The van der Waals surface area contributed by atoms with E-state index in [1.807, 2.05) is 31.2 Å². The number of nitrogens with zero attached hydrogens (tertiary/aromatic N) is 1. The maximum atomic E-state index is 6.00. The molecular weight excluding hydrogens is 292 g/mol. The first-order valence-electron chi connectivity index (χ1n) is 6.42. The fourth-order valence-corrected chi connectivity index (χ4v) is 2.32. The van der Waals surface area contributed by atoms with Gasteiger partial charge in [-0.15, -0.1) is 0 Å². The quantitative estimate of drug-likeness (QED) is 0.780. The molecular formula is C15H13ClN2O3. The molecule has 6 heteroatoms. The minimum absolute atomic E-state index is 0.228. The molecule has 0 saturated carbocycles. The number of ether oxygens (including phenoxy) is 1. The molecule has 0 unspecified atom stereocenters. The molecule has 108 valence electrons. The molecule has 0 spiro atoms. The molecule has 2 N–H and O–H groups in total. The first-order valence-corrected chi connectivity index (χ1v) is 6.80. The lowest BCUT2D eigenvalue weighted by atomic mass is 10.0. The van der Waals surface area contributed by atoms with Gasteiger partial charge in [0.1, 0.15) is 11.4 Å². The van der Waals surface area contributed by atoms with E-state index in [2.05, 4.69) is 5.16 Å². The van der Waals surface area contributed by atoms with Gasteiger partial charge in [-0.3, -0.25) is 0 Å². The minimum atomic E-state index is 0.228. The van der Waals surface area contributed by atoms with Crippen molar-refractivity contribution >= 4 is 17.5 Å². The second kappa shape index (κ2) is 5.54. The van der Waals surface area contributed by atoms with Crippen LogP contribution in [0.1, 0.15) is 6.92 Å². The molecule has 0 radical (unpaired) electrons. The van der Waals surface area contributed by atoms with Gasteiger partial charge in [0.15, 0.2) is 0 Å². The van der Waals surface area contributed by atoms with E-state index < -0.39 is 0 Å². The first-order chi connectivity index (χ1) is 10.2. The van der Waals surface area contributed by atoms with Gasteiger partial charge in [-0.05, 0) is 42.3 Å². The van der Waals surface area contributed by atoms with Gasteiger partial charge in [-0.1, -0.05) is 17.3 Å². The standard InChI is InChI=1S/C15H13ClN2O3/c1-2-19-10-5-3-9(4-6-10)12-13(18-21-15(12)17)11-7-8-20-14(11)16/h3-8H,2,17H2,1H3. The van der Waals surface area contributed by atoms with E-state index in [1.165, 1.54) is 6.26 Å². The summed E-state index contributed by atoms with van der Waals surface area (Å²) in [5.74, 6) is 1.02. The molecule has 3 rings (SSSR count). The van der Waals surface area contributed by atoms with Crippen LogP contribution in [-0.4, -0.2) is 11.8 Å². The Morgan fingerprint density at radius 2 is 2.00 bits per heavy atom. The number of nitrogen functional groups attached to an aromatic ring is 1. The number of nitrogens with two attached hydrogens (primary N) is 1. The third kappa shape index (κ3) is 2.48. The average Bonchev–Trinajstić information content (AvgIpc) is 3.06. The highest BCUT2D eigenvalue weighted by molar-refractivity contribution is 6.31. The van der Waals surface area contributed by atoms with Crippen molar-refractivity contribution in [3.63, 3.8) is 0 Å². The fourth-order valence-electron chi connectivity index (χ4n) is 2.11. The third-order valence-corrected chi connectivity index (χ3v) is 3.34. The summed E-state index contributed by atoms with van der Waals surface area (Å²) >= 11 is 6.00. The normalized spacial score (nSPS) is 10.8. The Hall–Kier alpha value is -2.40. The van der Waals surface area contributed by atoms with E-state index >= 15 is 0 Å². The van der Waals surface area contributed by atoms with Crippen LogP contribution in [0.15, 0.2) is 45.5 Å². The van der Waals surface area contributed by atoms with Crippen molar-refractivity contribution in [2.24, 2.45) is 0 Å². The Balaban J connectivity index is 2.06. The maximum Gasteiger partial charge on any atom is 0.230 e. The molecule has 0 aliphatic rings. The van der Waals surface area contributed by atoms with Gasteiger partial charge in [0.25, 0.3) is 0 Å². The number of benzene rings is 1. The predicted molar refractivity (Wildman–Crippen MR) is 80.2 cm³/mol. The topological polar surface area (TPSA) is 74.4 Å². The Bertz CT molecular complexity index is 747. The maximum absolute atomic E-state index is 6.00. The van der Waals surface area contributed by atoms with Crippen molar-refractivity contribution in [1.29, 1.82) is 0 Å². The fraction of sp³-hybridized carbons (Fsp3) is 0.133. The highest BCUT2D eigenvalue weighted by atomic mass is 35.5. The van der Waals surface area contributed by atoms with Crippen LogP contribution in [0.25, 0.3) is 22.4 Å². The zero-order chi connectivity index (χ0) is 14.8. The number of aromatic nitrogens is 1. The van der Waals surface area contributed by atoms with Gasteiger partial charge in [0, 0.05) is 0 Å². The van der Waals surface area contributed by atoms with Crippen LogP contribution < -0.4 is 10.5 Å². The highest BCUT2D eigenvalue weighted by Crippen LogP contribution is 2.39. The Morgan fingerprint density at radius 3 is 2.62 bits per heavy atom. The zero-order valence-electron chi connectivity index (χ0n) is 11.3. The summed E-state index contributed by atoms with van der Waals surface area (Å²) in [5, 5.41) is 4.22. The van der Waals surface area contributed by atoms with E-state index in [9.17, 15) is 0 Å². The number of hydrogen-bond acceptors (Lipinski definition) is 5. The number of rotatable bonds is 4. The smallest absolute Gasteiger partial charge is 0.230 e. The molecule has 0 amide bonds. The van der Waals surface area contributed by atoms with Crippen LogP contribution >= 0.6 is 11.6 Å². The van der Waals surface area contributed by atoms with Crippen molar-refractivity contribution in [3.8, 4) is 28.1 Å². The van der Waals surface area contributed by atoms with Crippen molar-refractivity contribution in [2.45, 2.75) is 6.92 Å². The van der Waals surface area contributed by atoms with Crippen molar-refractivity contribution in [3.05, 3.63) is 41.8 Å². The highest BCUT2D eigenvalue weighted by Gasteiger charge is 2.20. The summed E-state index contributed by atoms with van der Waals surface area (Å²) in [6, 6.07) is 9.24. The monoisotopic (exact) mass is 304 g/mol. The second-order valence-electron chi connectivity index (χ2n) is 4.34. The number of furan rings is 1. The molecule has 0 atom stereocenters. The van der Waals surface area contributed by atoms with E-state index in [4.69, 9.17) is 31.0 Å². The van der Waals surface area contributed by atoms with Crippen LogP contribution in [0, 0.1) is 0 Å². The van der Waals surface area contributed by atoms with Crippen LogP contribution in [0.3, 0.4) is 0 Å². The molecule has 0 aliphatic carbocycles. The van der Waals surface area contributed by atoms with Gasteiger partial charge in [0.05, 0.1) is 24.0 Å². The minimum Gasteiger partial charge on any atom is -0.494 e. The zero-order valence-corrected chi connectivity index (χ0v) is 12.1. The third-order valence-electron chi connectivity index (χ3n) is 3.05. The molecule has 5 nitrogen and oxygen atoms in total. The SMILES string of the molecule is CCOc1ccc(-c2c(-c3ccoc3Cl)noc2N)cc1. The lowest BCUT2D eigenvalue weighted by Gasteiger charge is -2.05. The summed E-state index contributed by atoms with van der Waals surface area (Å²) < 4.78 is 15.6. The van der Waals surface area contributed by atoms with E-state index in [1.54, 1.807) is 6.07 Å². The Morgan fingerprint density at radius 1 is 1.24 bits per heavy atom. The lowest BCUT2D eigenvalue weighted by molar-refractivity contribution is 0.340. The lowest BCUT2D eigenvalue weighted by Crippen LogP contribution is -1.91. The molecule has 0 fully saturated rings. The van der Waals surface area contributed by atoms with Crippen molar-refractivity contribution in [1.82, 2.24) is 5.16 Å². The molecule has 1 aromatic carbocycles. The molecule has 2 aromatic heterocycles. The van der Waals surface area contributed by atoms with Crippen LogP contribution in [0.2, 0.25) is 5.22 Å². The van der Waals surface area contributed by atoms with Crippen LogP contribution in [0.5, 0.6) is 5.75 Å². The number of halogens is 1. The van der Waals surface area contributed by atoms with E-state index in [-0.39, 0.29) is 11.1 Å². The summed E-state index contributed by atoms with van der Waals surface area (Å²) in [4.78, 5) is 0. The Kier molecular flexibility index (Phi) is 3.58. The van der Waals surface area contributed by atoms with Crippen LogP contribution in [-0.2, 0) is 0 Å². The summed E-state index contributed by atoms with van der Waals surface area (Å²) in [7, 11) is 0. The van der Waals surface area contributed by atoms with Crippen LogP contribution in [0.4, 0.5) is 5.88 Å². The number of hydrogen-bond donors (Lipinski definition) is 1. The molecule has 3 aromatic rings. The molecule has 0 saturated heterocycles. The van der Waals surface area contributed by atoms with Crippen molar-refractivity contribution < 1.29 is 13.7 Å².